The predicted molar refractivity (Wildman–Crippen MR) is 98.1 cm³/mol. The molecule has 1 heterocycles. The summed E-state index contributed by atoms with van der Waals surface area (Å²) in [5.41, 5.74) is 1.54. The lowest BCUT2D eigenvalue weighted by Gasteiger charge is -2.12. The summed E-state index contributed by atoms with van der Waals surface area (Å²) in [6.45, 7) is 1.81. The fraction of sp³-hybridized carbons (Fsp3) is 0.0556. The van der Waals surface area contributed by atoms with Crippen LogP contribution in [0.25, 0.3) is 11.3 Å². The number of nitrogens with one attached hydrogen (secondary N) is 1. The van der Waals surface area contributed by atoms with Crippen molar-refractivity contribution in [1.82, 2.24) is 0 Å². The van der Waals surface area contributed by atoms with Crippen LogP contribution < -0.4 is 4.72 Å². The molecule has 0 saturated carbocycles. The molecule has 0 aliphatic rings. The summed E-state index contributed by atoms with van der Waals surface area (Å²) < 4.78 is 33.1. The van der Waals surface area contributed by atoms with E-state index in [1.165, 1.54) is 36.4 Å². The third-order valence-electron chi connectivity index (χ3n) is 3.63. The molecule has 0 saturated heterocycles. The van der Waals surface area contributed by atoms with E-state index in [1.807, 2.05) is 6.92 Å². The van der Waals surface area contributed by atoms with Crippen LogP contribution >= 0.6 is 11.6 Å². The molecule has 2 aromatic carbocycles. The highest BCUT2D eigenvalue weighted by molar-refractivity contribution is 7.92. The fourth-order valence-corrected chi connectivity index (χ4v) is 3.57. The molecule has 0 atom stereocenters. The van der Waals surface area contributed by atoms with Gasteiger partial charge in [0, 0.05) is 10.6 Å². The average molecular weight is 392 g/mol. The standard InChI is InChI=1S/C18H14ClNO5S/c1-11-2-7-14(16-8-9-17(25-16)18(21)22)15(10-11)20-26(23,24)13-5-3-12(19)4-6-13/h2-10,20H,1H3,(H,21,22). The first-order valence-electron chi connectivity index (χ1n) is 7.49. The number of carbonyl (C=O) groups is 1. The van der Waals surface area contributed by atoms with E-state index in [2.05, 4.69) is 4.72 Å². The molecule has 134 valence electrons. The molecule has 0 amide bonds. The van der Waals surface area contributed by atoms with Crippen molar-refractivity contribution in [2.45, 2.75) is 11.8 Å². The minimum Gasteiger partial charge on any atom is -0.475 e. The van der Waals surface area contributed by atoms with Gasteiger partial charge in [0.2, 0.25) is 5.76 Å². The monoisotopic (exact) mass is 391 g/mol. The van der Waals surface area contributed by atoms with Crippen LogP contribution in [0.5, 0.6) is 0 Å². The van der Waals surface area contributed by atoms with Gasteiger partial charge in [-0.1, -0.05) is 17.7 Å². The molecule has 2 N–H and O–H groups in total. The largest absolute Gasteiger partial charge is 0.475 e. The summed E-state index contributed by atoms with van der Waals surface area (Å²) in [7, 11) is -3.85. The van der Waals surface area contributed by atoms with Crippen molar-refractivity contribution >= 4 is 33.3 Å². The molecule has 0 radical (unpaired) electrons. The van der Waals surface area contributed by atoms with Gasteiger partial charge in [0.1, 0.15) is 5.76 Å². The number of hydrogen-bond acceptors (Lipinski definition) is 4. The van der Waals surface area contributed by atoms with E-state index in [1.54, 1.807) is 18.2 Å². The molecule has 26 heavy (non-hydrogen) atoms. The van der Waals surface area contributed by atoms with E-state index >= 15 is 0 Å². The SMILES string of the molecule is Cc1ccc(-c2ccc(C(=O)O)o2)c(NS(=O)(=O)c2ccc(Cl)cc2)c1. The molecule has 6 nitrogen and oxygen atoms in total. The van der Waals surface area contributed by atoms with Gasteiger partial charge in [-0.2, -0.15) is 0 Å². The van der Waals surface area contributed by atoms with Gasteiger partial charge in [0.15, 0.2) is 0 Å². The number of halogens is 1. The Balaban J connectivity index is 2.03. The Bertz CT molecular complexity index is 1070. The maximum absolute atomic E-state index is 12.6. The van der Waals surface area contributed by atoms with E-state index in [0.29, 0.717) is 10.6 Å². The smallest absolute Gasteiger partial charge is 0.371 e. The number of benzene rings is 2. The lowest BCUT2D eigenvalue weighted by Crippen LogP contribution is -2.13. The van der Waals surface area contributed by atoms with Crippen LogP contribution in [0.2, 0.25) is 5.02 Å². The Hall–Kier alpha value is -2.77. The third-order valence-corrected chi connectivity index (χ3v) is 5.26. The number of carboxylic acid groups (broad SMARTS) is 1. The molecule has 3 rings (SSSR count). The summed E-state index contributed by atoms with van der Waals surface area (Å²) in [5, 5.41) is 9.43. The summed E-state index contributed by atoms with van der Waals surface area (Å²) >= 11 is 5.80. The number of furan rings is 1. The van der Waals surface area contributed by atoms with Gasteiger partial charge in [0.25, 0.3) is 10.0 Å². The Morgan fingerprint density at radius 2 is 1.77 bits per heavy atom. The maximum atomic E-state index is 12.6. The Morgan fingerprint density at radius 1 is 1.08 bits per heavy atom. The predicted octanol–water partition coefficient (Wildman–Crippen LogP) is 4.41. The van der Waals surface area contributed by atoms with Crippen molar-refractivity contribution in [2.75, 3.05) is 4.72 Å². The van der Waals surface area contributed by atoms with Crippen molar-refractivity contribution in [3.05, 3.63) is 70.9 Å². The highest BCUT2D eigenvalue weighted by Gasteiger charge is 2.19. The van der Waals surface area contributed by atoms with Gasteiger partial charge in [0.05, 0.1) is 10.6 Å². The number of anilines is 1. The molecule has 0 fully saturated rings. The maximum Gasteiger partial charge on any atom is 0.371 e. The minimum absolute atomic E-state index is 0.0556. The second-order valence-corrected chi connectivity index (χ2v) is 7.70. The van der Waals surface area contributed by atoms with Crippen molar-refractivity contribution in [3.8, 4) is 11.3 Å². The van der Waals surface area contributed by atoms with Crippen LogP contribution in [0.4, 0.5) is 5.69 Å². The molecule has 0 unspecified atom stereocenters. The average Bonchev–Trinajstić information content (AvgIpc) is 3.05. The first kappa shape index (κ1) is 18.0. The van der Waals surface area contributed by atoms with E-state index in [-0.39, 0.29) is 22.1 Å². The van der Waals surface area contributed by atoms with E-state index in [0.717, 1.165) is 5.56 Å². The quantitative estimate of drug-likeness (QED) is 0.671. The molecule has 0 aliphatic heterocycles. The topological polar surface area (TPSA) is 96.6 Å². The van der Waals surface area contributed by atoms with Gasteiger partial charge in [-0.05, 0) is 61.0 Å². The van der Waals surface area contributed by atoms with Gasteiger partial charge in [-0.3, -0.25) is 4.72 Å². The van der Waals surface area contributed by atoms with Crippen LogP contribution in [0.1, 0.15) is 16.1 Å². The fourth-order valence-electron chi connectivity index (χ4n) is 2.37. The number of carboxylic acids is 1. The van der Waals surface area contributed by atoms with E-state index < -0.39 is 16.0 Å². The van der Waals surface area contributed by atoms with Crippen LogP contribution in [0.3, 0.4) is 0 Å². The summed E-state index contributed by atoms with van der Waals surface area (Å²) in [6.07, 6.45) is 0. The molecule has 3 aromatic rings. The number of sulfonamides is 1. The molecule has 0 aliphatic carbocycles. The second kappa shape index (κ2) is 6.86. The molecule has 8 heteroatoms. The summed E-state index contributed by atoms with van der Waals surface area (Å²) in [4.78, 5) is 11.1. The van der Waals surface area contributed by atoms with E-state index in [9.17, 15) is 13.2 Å². The number of rotatable bonds is 5. The number of aryl methyl sites for hydroxylation is 1. The van der Waals surface area contributed by atoms with E-state index in [4.69, 9.17) is 21.1 Å². The number of hydrogen-bond donors (Lipinski definition) is 2. The van der Waals surface area contributed by atoms with Crippen molar-refractivity contribution in [1.29, 1.82) is 0 Å². The minimum atomic E-state index is -3.85. The zero-order chi connectivity index (χ0) is 18.9. The molecular formula is C18H14ClNO5S. The van der Waals surface area contributed by atoms with Crippen LogP contribution in [0, 0.1) is 6.92 Å². The molecule has 1 aromatic heterocycles. The lowest BCUT2D eigenvalue weighted by atomic mass is 10.1. The normalized spacial score (nSPS) is 11.3. The summed E-state index contributed by atoms with van der Waals surface area (Å²) in [5.74, 6) is -1.19. The van der Waals surface area contributed by atoms with Crippen LogP contribution in [-0.2, 0) is 10.0 Å². The Labute approximate surface area is 155 Å². The zero-order valence-electron chi connectivity index (χ0n) is 13.6. The third kappa shape index (κ3) is 3.74. The van der Waals surface area contributed by atoms with Crippen molar-refractivity contribution < 1.29 is 22.7 Å². The van der Waals surface area contributed by atoms with Crippen LogP contribution in [-0.4, -0.2) is 19.5 Å². The highest BCUT2D eigenvalue weighted by Crippen LogP contribution is 2.32. The number of aromatic carboxylic acids is 1. The van der Waals surface area contributed by atoms with Gasteiger partial charge in [-0.25, -0.2) is 13.2 Å². The molecular weight excluding hydrogens is 378 g/mol. The highest BCUT2D eigenvalue weighted by atomic mass is 35.5. The van der Waals surface area contributed by atoms with Gasteiger partial charge in [-0.15, -0.1) is 0 Å². The van der Waals surface area contributed by atoms with Gasteiger partial charge < -0.3 is 9.52 Å². The van der Waals surface area contributed by atoms with Gasteiger partial charge >= 0.3 is 5.97 Å². The first-order chi connectivity index (χ1) is 12.3. The zero-order valence-corrected chi connectivity index (χ0v) is 15.1. The molecule has 0 spiro atoms. The van der Waals surface area contributed by atoms with Crippen molar-refractivity contribution in [3.63, 3.8) is 0 Å². The summed E-state index contributed by atoms with van der Waals surface area (Å²) in [6, 6.07) is 13.6. The lowest BCUT2D eigenvalue weighted by molar-refractivity contribution is 0.0663. The second-order valence-electron chi connectivity index (χ2n) is 5.58. The van der Waals surface area contributed by atoms with Crippen LogP contribution in [0.15, 0.2) is 63.9 Å². The Morgan fingerprint density at radius 3 is 2.38 bits per heavy atom. The first-order valence-corrected chi connectivity index (χ1v) is 9.35. The molecule has 0 bridgehead atoms. The Kier molecular flexibility index (Phi) is 4.76. The van der Waals surface area contributed by atoms with Crippen molar-refractivity contribution in [2.24, 2.45) is 0 Å².